The molecule has 17 rings (SSSR count). The Kier molecular flexibility index (Phi) is 24.5. The van der Waals surface area contributed by atoms with Crippen LogP contribution in [0.25, 0.3) is 0 Å². The molecule has 17 saturated carbocycles. The van der Waals surface area contributed by atoms with Crippen LogP contribution < -0.4 is 0 Å². The van der Waals surface area contributed by atoms with Gasteiger partial charge in [0.1, 0.15) is 0 Å². The Morgan fingerprint density at radius 3 is 0.448 bits per heavy atom. The molecule has 0 N–H and O–H groups in total. The van der Waals surface area contributed by atoms with Crippen molar-refractivity contribution < 1.29 is 33.2 Å². The van der Waals surface area contributed by atoms with E-state index in [2.05, 4.69) is 104 Å². The molecule has 0 heterocycles. The third kappa shape index (κ3) is 15.3. The van der Waals surface area contributed by atoms with Crippen LogP contribution in [0.4, 0.5) is 0 Å². The van der Waals surface area contributed by atoms with Gasteiger partial charge in [0.25, 0.3) is 0 Å². The largest absolute Gasteiger partial charge is 0.377 e. The summed E-state index contributed by atoms with van der Waals surface area (Å²) >= 11 is 0. The molecule has 4 atom stereocenters. The standard InChI is InChI=1S/C15H26O.C14H26O.C13H22O.C13H24O.C12H22O.C11H18O.C11H20O/c1-2-16-13-14(7-3-4-8-14)11-12-15(13)9-5-6-10-15;1-4-15-12-13(2,3)10-11-14(12)8-6-5-7-9-14;1-2-14-11-12(5-3-6-12)9-10-13(11)7-4-8-13;1-4-14-11-12(2,3)9-10-13(11)7-5-6-8-13;1-4-13-10-11(2,3)8-9-12(10)6-5-7-12;1-2-12-9-10(3-4-10)7-8-11(9)5-6-11;1-4-12-9-10(2,3)5-6-11(9)7-8-11/h13H,2-12H2,1H3;12H,4-11H2,1-3H3;11H,2-10H2,1H3;11H,4-10H2,1-3H3;10H,4-9H2,1-3H3;9H,2-8H2,1H3;9H,4-8H2,1-3H3. The van der Waals surface area contributed by atoms with Gasteiger partial charge < -0.3 is 33.2 Å². The lowest BCUT2D eigenvalue weighted by molar-refractivity contribution is -0.130. The Morgan fingerprint density at radius 2 is 0.281 bits per heavy atom. The van der Waals surface area contributed by atoms with Gasteiger partial charge in [0.15, 0.2) is 0 Å². The lowest BCUT2D eigenvalue weighted by atomic mass is 9.59. The molecule has 0 radical (unpaired) electrons. The molecular weight excluding hydrogens is 1180 g/mol. The van der Waals surface area contributed by atoms with E-state index >= 15 is 0 Å². The fourth-order valence-electron chi connectivity index (χ4n) is 26.7. The maximum absolute atomic E-state index is 6.28. The third-order valence-electron chi connectivity index (χ3n) is 32.5. The van der Waals surface area contributed by atoms with Gasteiger partial charge >= 0.3 is 0 Å². The highest BCUT2D eigenvalue weighted by molar-refractivity contribution is 5.18. The van der Waals surface area contributed by atoms with E-state index in [4.69, 9.17) is 33.2 Å². The van der Waals surface area contributed by atoms with Gasteiger partial charge in [0, 0.05) is 46.2 Å². The van der Waals surface area contributed by atoms with Crippen LogP contribution in [0.5, 0.6) is 0 Å². The van der Waals surface area contributed by atoms with Gasteiger partial charge in [0.2, 0.25) is 0 Å². The second kappa shape index (κ2) is 30.7. The van der Waals surface area contributed by atoms with E-state index in [1.54, 1.807) is 0 Å². The molecule has 0 bridgehead atoms. The molecular formula is C89H158O7. The van der Waals surface area contributed by atoms with Crippen LogP contribution in [-0.4, -0.2) is 89.0 Å². The molecule has 556 valence electrons. The summed E-state index contributed by atoms with van der Waals surface area (Å²) < 4.78 is 42.4. The van der Waals surface area contributed by atoms with Crippen LogP contribution in [0.1, 0.15) is 399 Å². The van der Waals surface area contributed by atoms with Crippen molar-refractivity contribution in [3.63, 3.8) is 0 Å². The van der Waals surface area contributed by atoms with Gasteiger partial charge in [0.05, 0.1) is 42.7 Å². The van der Waals surface area contributed by atoms with Crippen molar-refractivity contribution in [3.8, 4) is 0 Å². The lowest BCUT2D eigenvalue weighted by Gasteiger charge is -2.51. The van der Waals surface area contributed by atoms with Crippen LogP contribution in [-0.2, 0) is 33.2 Å². The van der Waals surface area contributed by atoms with Crippen LogP contribution in [0, 0.1) is 75.8 Å². The smallest absolute Gasteiger partial charge is 0.0687 e. The second-order valence-corrected chi connectivity index (χ2v) is 40.2. The number of hydrogen-bond donors (Lipinski definition) is 0. The Balaban J connectivity index is 0.000000114. The molecule has 0 aromatic rings. The average molecular weight is 1340 g/mol. The van der Waals surface area contributed by atoms with Crippen molar-refractivity contribution in [2.24, 2.45) is 75.8 Å². The molecule has 17 aliphatic rings. The minimum absolute atomic E-state index is 0.410. The average Bonchev–Trinajstić information content (AvgIpc) is 1.53. The molecule has 7 nitrogen and oxygen atoms in total. The van der Waals surface area contributed by atoms with E-state index in [0.29, 0.717) is 119 Å². The first kappa shape index (κ1) is 76.8. The predicted molar refractivity (Wildman–Crippen MR) is 400 cm³/mol. The molecule has 0 aromatic heterocycles. The first-order valence-corrected chi connectivity index (χ1v) is 43.2. The Labute approximate surface area is 594 Å². The van der Waals surface area contributed by atoms with Gasteiger partial charge in [-0.1, -0.05) is 132 Å². The summed E-state index contributed by atoms with van der Waals surface area (Å²) in [7, 11) is 0. The predicted octanol–water partition coefficient (Wildman–Crippen LogP) is 24.9. The molecule has 7 heteroatoms. The Morgan fingerprint density at radius 1 is 0.156 bits per heavy atom. The van der Waals surface area contributed by atoms with Crippen molar-refractivity contribution >= 4 is 0 Å². The summed E-state index contributed by atoms with van der Waals surface area (Å²) in [6.07, 6.45) is 70.1. The topological polar surface area (TPSA) is 64.6 Å². The maximum atomic E-state index is 6.28. The van der Waals surface area contributed by atoms with Gasteiger partial charge in [-0.3, -0.25) is 0 Å². The number of ether oxygens (including phenoxy) is 7. The Bertz CT molecular complexity index is 2270. The molecule has 10 spiro atoms. The zero-order chi connectivity index (χ0) is 68.5. The zero-order valence-corrected chi connectivity index (χ0v) is 66.4. The Hall–Kier alpha value is -0.280. The molecule has 0 saturated heterocycles. The molecule has 0 aliphatic heterocycles. The molecule has 0 aromatic carbocycles. The van der Waals surface area contributed by atoms with Gasteiger partial charge in [-0.2, -0.15) is 0 Å². The molecule has 17 fully saturated rings. The third-order valence-corrected chi connectivity index (χ3v) is 32.5. The van der Waals surface area contributed by atoms with E-state index in [1.807, 2.05) is 0 Å². The molecule has 17 aliphatic carbocycles. The summed E-state index contributed by atoms with van der Waals surface area (Å²) in [6, 6.07) is 0. The minimum Gasteiger partial charge on any atom is -0.377 e. The fraction of sp³-hybridized carbons (Fsp3) is 1.00. The highest BCUT2D eigenvalue weighted by Crippen LogP contribution is 2.73. The van der Waals surface area contributed by atoms with E-state index in [9.17, 15) is 0 Å². The zero-order valence-electron chi connectivity index (χ0n) is 66.4. The van der Waals surface area contributed by atoms with E-state index in [1.165, 1.54) is 295 Å². The van der Waals surface area contributed by atoms with Crippen LogP contribution in [0.15, 0.2) is 0 Å². The fourth-order valence-corrected chi connectivity index (χ4v) is 26.7. The maximum Gasteiger partial charge on any atom is 0.0687 e. The molecule has 0 amide bonds. The summed E-state index contributed by atoms with van der Waals surface area (Å²) in [5, 5.41) is 0. The first-order chi connectivity index (χ1) is 45.9. The summed E-state index contributed by atoms with van der Waals surface area (Å²) in [4.78, 5) is 0. The van der Waals surface area contributed by atoms with Crippen molar-refractivity contribution in [3.05, 3.63) is 0 Å². The summed E-state index contributed by atoms with van der Waals surface area (Å²) in [6.45, 7) is 40.4. The van der Waals surface area contributed by atoms with Crippen molar-refractivity contribution in [1.82, 2.24) is 0 Å². The second-order valence-electron chi connectivity index (χ2n) is 40.2. The highest BCUT2D eigenvalue weighted by atomic mass is 16.5. The van der Waals surface area contributed by atoms with Crippen LogP contribution in [0.3, 0.4) is 0 Å². The van der Waals surface area contributed by atoms with Crippen molar-refractivity contribution in [2.45, 2.75) is 442 Å². The quantitative estimate of drug-likeness (QED) is 0.172. The normalized spacial score (nSPS) is 33.9. The summed E-state index contributed by atoms with van der Waals surface area (Å²) in [5.41, 5.74) is 7.93. The SMILES string of the molecule is CCOC1C(C)(C)CCC12CC2.CCOC1C(C)(C)CCC12CCC2.CCOC1C(C)(C)CCC12CCCC2.CCOC1C(C)(C)CCC12CCCCC2.CCOC1C2(CC2)CCC12CC2.CCOC1C2(CCC2)CCC12CCC2.CCOC1C2(CCCC2)CCC12CCCC2. The highest BCUT2D eigenvalue weighted by Gasteiger charge is 2.68. The number of hydrogen-bond acceptors (Lipinski definition) is 7. The number of rotatable bonds is 14. The van der Waals surface area contributed by atoms with E-state index in [-0.39, 0.29) is 0 Å². The summed E-state index contributed by atoms with van der Waals surface area (Å²) in [5.74, 6) is 0. The van der Waals surface area contributed by atoms with Crippen molar-refractivity contribution in [1.29, 1.82) is 0 Å². The minimum atomic E-state index is 0.410. The van der Waals surface area contributed by atoms with Gasteiger partial charge in [-0.15, -0.1) is 0 Å². The molecule has 4 unspecified atom stereocenters. The first-order valence-electron chi connectivity index (χ1n) is 43.2. The van der Waals surface area contributed by atoms with Crippen LogP contribution >= 0.6 is 0 Å². The van der Waals surface area contributed by atoms with Crippen LogP contribution in [0.2, 0.25) is 0 Å². The van der Waals surface area contributed by atoms with Crippen molar-refractivity contribution in [2.75, 3.05) is 46.2 Å². The van der Waals surface area contributed by atoms with E-state index < -0.39 is 0 Å². The van der Waals surface area contributed by atoms with Gasteiger partial charge in [-0.05, 0) is 343 Å². The lowest BCUT2D eigenvalue weighted by Crippen LogP contribution is -2.48. The monoisotopic (exact) mass is 1340 g/mol. The van der Waals surface area contributed by atoms with Gasteiger partial charge in [-0.25, -0.2) is 0 Å². The van der Waals surface area contributed by atoms with E-state index in [0.717, 1.165) is 46.2 Å². The molecule has 96 heavy (non-hydrogen) atoms.